The van der Waals surface area contributed by atoms with Crippen molar-refractivity contribution in [3.05, 3.63) is 0 Å². The summed E-state index contributed by atoms with van der Waals surface area (Å²) < 4.78 is 15.7. The molecule has 1 saturated carbocycles. The summed E-state index contributed by atoms with van der Waals surface area (Å²) in [6, 6.07) is 0. The molecule has 4 aliphatic rings. The van der Waals surface area contributed by atoms with Crippen molar-refractivity contribution in [3.63, 3.8) is 0 Å². The molecule has 4 rings (SSSR count). The Balaban J connectivity index is 1.50. The smallest absolute Gasteiger partial charge is 0.311 e. The van der Waals surface area contributed by atoms with Crippen molar-refractivity contribution < 1.29 is 38.2 Å². The third-order valence-corrected chi connectivity index (χ3v) is 7.91. The van der Waals surface area contributed by atoms with Crippen LogP contribution in [0.25, 0.3) is 0 Å². The van der Waals surface area contributed by atoms with Crippen molar-refractivity contribution in [1.82, 2.24) is 9.96 Å². The monoisotopic (exact) mass is 466 g/mol. The largest absolute Gasteiger partial charge is 0.469 e. The fraction of sp³-hybridized carbons (Fsp3) is 0.826. The normalized spacial score (nSPS) is 28.4. The van der Waals surface area contributed by atoms with E-state index in [1.165, 1.54) is 12.2 Å². The summed E-state index contributed by atoms with van der Waals surface area (Å²) in [5.41, 5.74) is -1.53. The molecule has 2 unspecified atom stereocenters. The van der Waals surface area contributed by atoms with Crippen molar-refractivity contribution in [3.8, 4) is 0 Å². The second-order valence-electron chi connectivity index (χ2n) is 9.58. The second-order valence-corrected chi connectivity index (χ2v) is 9.58. The zero-order valence-electron chi connectivity index (χ0n) is 19.5. The standard InChI is InChI=1S/C23H34N2O8/c1-30-12-13-32-25-18(26)14-17(21(29)31-2)22(25)8-10-24(11-9-22)20(28)16-15-19(27)33-23(16)6-4-3-5-7-23/h16-17H,3-15H2,1-2H3. The van der Waals surface area contributed by atoms with Crippen LogP contribution in [0.3, 0.4) is 0 Å². The van der Waals surface area contributed by atoms with Gasteiger partial charge in [-0.2, -0.15) is 0 Å². The van der Waals surface area contributed by atoms with Crippen molar-refractivity contribution >= 4 is 23.8 Å². The number of methoxy groups -OCH3 is 2. The predicted octanol–water partition coefficient (Wildman–Crippen LogP) is 1.21. The maximum absolute atomic E-state index is 13.5. The Bertz CT molecular complexity index is 785. The van der Waals surface area contributed by atoms with E-state index in [1.807, 2.05) is 0 Å². The first-order valence-corrected chi connectivity index (χ1v) is 11.9. The molecule has 0 aromatic carbocycles. The molecule has 0 aromatic heterocycles. The first-order valence-electron chi connectivity index (χ1n) is 11.9. The molecule has 2 amide bonds. The molecule has 3 saturated heterocycles. The number of hydrogen-bond donors (Lipinski definition) is 0. The van der Waals surface area contributed by atoms with Crippen LogP contribution in [0.15, 0.2) is 0 Å². The summed E-state index contributed by atoms with van der Waals surface area (Å²) in [7, 11) is 2.86. The number of carbonyl (C=O) groups excluding carboxylic acids is 4. The van der Waals surface area contributed by atoms with E-state index in [9.17, 15) is 19.2 Å². The van der Waals surface area contributed by atoms with E-state index >= 15 is 0 Å². The number of rotatable bonds is 6. The molecule has 10 nitrogen and oxygen atoms in total. The van der Waals surface area contributed by atoms with Gasteiger partial charge >= 0.3 is 11.9 Å². The second kappa shape index (κ2) is 9.58. The van der Waals surface area contributed by atoms with Gasteiger partial charge in [0.25, 0.3) is 0 Å². The van der Waals surface area contributed by atoms with Gasteiger partial charge in [0.2, 0.25) is 11.8 Å². The summed E-state index contributed by atoms with van der Waals surface area (Å²) in [4.78, 5) is 58.5. The van der Waals surface area contributed by atoms with Crippen LogP contribution in [0.2, 0.25) is 0 Å². The molecule has 0 radical (unpaired) electrons. The molecule has 2 atom stereocenters. The third kappa shape index (κ3) is 4.23. The number of likely N-dealkylation sites (tertiary alicyclic amines) is 1. The first-order chi connectivity index (χ1) is 15.9. The average Bonchev–Trinajstić information content (AvgIpc) is 3.27. The van der Waals surface area contributed by atoms with Crippen LogP contribution in [-0.4, -0.2) is 85.4 Å². The zero-order valence-corrected chi connectivity index (χ0v) is 19.5. The Labute approximate surface area is 193 Å². The number of carbonyl (C=O) groups is 4. The van der Waals surface area contributed by atoms with Crippen LogP contribution < -0.4 is 0 Å². The topological polar surface area (TPSA) is 112 Å². The van der Waals surface area contributed by atoms with Crippen LogP contribution in [0, 0.1) is 11.8 Å². The van der Waals surface area contributed by atoms with E-state index in [-0.39, 0.29) is 37.2 Å². The van der Waals surface area contributed by atoms with Gasteiger partial charge in [0.1, 0.15) is 5.60 Å². The fourth-order valence-electron chi connectivity index (χ4n) is 6.19. The lowest BCUT2D eigenvalue weighted by Crippen LogP contribution is -2.59. The molecule has 2 spiro atoms. The van der Waals surface area contributed by atoms with Gasteiger partial charge in [-0.25, -0.2) is 5.06 Å². The van der Waals surface area contributed by atoms with E-state index in [4.69, 9.17) is 19.0 Å². The van der Waals surface area contributed by atoms with Crippen LogP contribution in [0.4, 0.5) is 0 Å². The van der Waals surface area contributed by atoms with Gasteiger partial charge < -0.3 is 19.1 Å². The Morgan fingerprint density at radius 2 is 1.67 bits per heavy atom. The Hall–Kier alpha value is -2.20. The van der Waals surface area contributed by atoms with Gasteiger partial charge in [-0.3, -0.25) is 24.0 Å². The zero-order chi connectivity index (χ0) is 23.6. The molecular weight excluding hydrogens is 432 g/mol. The van der Waals surface area contributed by atoms with Crippen LogP contribution in [0.1, 0.15) is 57.8 Å². The number of nitrogens with zero attached hydrogens (tertiary/aromatic N) is 2. The lowest BCUT2D eigenvalue weighted by atomic mass is 9.74. The summed E-state index contributed by atoms with van der Waals surface area (Å²) in [6.45, 7) is 1.23. The average molecular weight is 467 g/mol. The van der Waals surface area contributed by atoms with Crippen molar-refractivity contribution in [2.24, 2.45) is 11.8 Å². The summed E-state index contributed by atoms with van der Waals surface area (Å²) in [5, 5.41) is 1.33. The highest BCUT2D eigenvalue weighted by atomic mass is 16.7. The highest BCUT2D eigenvalue weighted by molar-refractivity contribution is 5.89. The van der Waals surface area contributed by atoms with Crippen LogP contribution >= 0.6 is 0 Å². The minimum atomic E-state index is -0.862. The summed E-state index contributed by atoms with van der Waals surface area (Å²) in [6.07, 6.45) is 5.39. The van der Waals surface area contributed by atoms with E-state index in [0.717, 1.165) is 32.1 Å². The van der Waals surface area contributed by atoms with Crippen molar-refractivity contribution in [1.29, 1.82) is 0 Å². The number of ether oxygens (including phenoxy) is 3. The Morgan fingerprint density at radius 3 is 2.30 bits per heavy atom. The Kier molecular flexibility index (Phi) is 6.95. The molecule has 184 valence electrons. The lowest BCUT2D eigenvalue weighted by molar-refractivity contribution is -0.227. The first kappa shape index (κ1) is 23.9. The molecular formula is C23H34N2O8. The maximum Gasteiger partial charge on any atom is 0.311 e. The molecule has 0 bridgehead atoms. The van der Waals surface area contributed by atoms with E-state index < -0.39 is 28.9 Å². The Morgan fingerprint density at radius 1 is 0.970 bits per heavy atom. The number of hydrogen-bond acceptors (Lipinski definition) is 8. The van der Waals surface area contributed by atoms with Gasteiger partial charge in [-0.15, -0.1) is 0 Å². The number of hydroxylamine groups is 2. The minimum absolute atomic E-state index is 0.0156. The van der Waals surface area contributed by atoms with E-state index in [2.05, 4.69) is 0 Å². The fourth-order valence-corrected chi connectivity index (χ4v) is 6.19. The van der Waals surface area contributed by atoms with Crippen LogP contribution in [-0.2, 0) is 38.2 Å². The van der Waals surface area contributed by atoms with Crippen LogP contribution in [0.5, 0.6) is 0 Å². The van der Waals surface area contributed by atoms with Gasteiger partial charge in [-0.1, -0.05) is 6.42 Å². The van der Waals surface area contributed by atoms with Gasteiger partial charge in [0, 0.05) is 26.6 Å². The van der Waals surface area contributed by atoms with E-state index in [1.54, 1.807) is 12.0 Å². The molecule has 4 fully saturated rings. The number of piperidine rings is 1. The molecule has 3 aliphatic heterocycles. The summed E-state index contributed by atoms with van der Waals surface area (Å²) in [5.74, 6) is -2.20. The maximum atomic E-state index is 13.5. The lowest BCUT2D eigenvalue weighted by Gasteiger charge is -2.47. The highest BCUT2D eigenvalue weighted by Crippen LogP contribution is 2.47. The SMILES string of the molecule is COCCON1C(=O)CC(C(=O)OC)C12CCN(C(=O)C1CC(=O)OC13CCCCC3)CC2. The van der Waals surface area contributed by atoms with Crippen molar-refractivity contribution in [2.75, 3.05) is 40.5 Å². The predicted molar refractivity (Wildman–Crippen MR) is 113 cm³/mol. The molecule has 0 N–H and O–H groups in total. The van der Waals surface area contributed by atoms with Gasteiger partial charge in [-0.05, 0) is 38.5 Å². The number of amides is 2. The van der Waals surface area contributed by atoms with E-state index in [0.29, 0.717) is 32.5 Å². The highest BCUT2D eigenvalue weighted by Gasteiger charge is 2.60. The molecule has 3 heterocycles. The number of esters is 2. The van der Waals surface area contributed by atoms with Crippen molar-refractivity contribution in [2.45, 2.75) is 68.9 Å². The molecule has 0 aromatic rings. The third-order valence-electron chi connectivity index (χ3n) is 7.91. The molecule has 10 heteroatoms. The van der Waals surface area contributed by atoms with Gasteiger partial charge in [0.15, 0.2) is 0 Å². The minimum Gasteiger partial charge on any atom is -0.469 e. The molecule has 1 aliphatic carbocycles. The van der Waals surface area contributed by atoms with Gasteiger partial charge in [0.05, 0.1) is 44.1 Å². The quantitative estimate of drug-likeness (QED) is 0.424. The molecule has 33 heavy (non-hydrogen) atoms. The summed E-state index contributed by atoms with van der Waals surface area (Å²) >= 11 is 0.